The summed E-state index contributed by atoms with van der Waals surface area (Å²) in [6.45, 7) is 3.45. The van der Waals surface area contributed by atoms with E-state index in [0.717, 1.165) is 34.9 Å². The van der Waals surface area contributed by atoms with Crippen molar-refractivity contribution in [1.29, 1.82) is 0 Å². The fraction of sp³-hybridized carbons (Fsp3) is 0.269. The number of nitrogens with one attached hydrogen (secondary N) is 2. The molecule has 1 unspecified atom stereocenters. The number of amides is 1. The van der Waals surface area contributed by atoms with E-state index in [0.29, 0.717) is 6.54 Å². The van der Waals surface area contributed by atoms with Gasteiger partial charge in [-0.2, -0.15) is 0 Å². The minimum absolute atomic E-state index is 0.117. The van der Waals surface area contributed by atoms with E-state index in [2.05, 4.69) is 52.1 Å². The zero-order chi connectivity index (χ0) is 23.0. The molecule has 1 amide bonds. The Kier molecular flexibility index (Phi) is 8.20. The SMILES string of the molecule is CCNC(=O)C(NOc1cc2c(cc1SC)N(c1ccccc1)CCCS2)c1ccccc1. The number of anilines is 2. The summed E-state index contributed by atoms with van der Waals surface area (Å²) in [5, 5.41) is 2.89. The summed E-state index contributed by atoms with van der Waals surface area (Å²) in [6, 6.07) is 23.8. The molecule has 1 heterocycles. The molecule has 3 aromatic rings. The van der Waals surface area contributed by atoms with Crippen molar-refractivity contribution in [2.45, 2.75) is 29.2 Å². The quantitative estimate of drug-likeness (QED) is 0.314. The van der Waals surface area contributed by atoms with Crippen molar-refractivity contribution >= 4 is 40.8 Å². The molecule has 0 aliphatic carbocycles. The molecule has 172 valence electrons. The molecule has 0 radical (unpaired) electrons. The normalized spacial score (nSPS) is 14.2. The van der Waals surface area contributed by atoms with Gasteiger partial charge in [0.25, 0.3) is 0 Å². The first-order valence-corrected chi connectivity index (χ1v) is 13.3. The summed E-state index contributed by atoms with van der Waals surface area (Å²) in [7, 11) is 0. The fourth-order valence-corrected chi connectivity index (χ4v) is 5.35. The van der Waals surface area contributed by atoms with Crippen LogP contribution in [0.1, 0.15) is 24.9 Å². The summed E-state index contributed by atoms with van der Waals surface area (Å²) in [6.07, 6.45) is 3.15. The van der Waals surface area contributed by atoms with Crippen LogP contribution in [-0.4, -0.2) is 31.0 Å². The predicted octanol–water partition coefficient (Wildman–Crippen LogP) is 5.80. The largest absolute Gasteiger partial charge is 0.406 e. The number of hydroxylamine groups is 1. The predicted molar refractivity (Wildman–Crippen MR) is 139 cm³/mol. The van der Waals surface area contributed by atoms with Crippen LogP contribution in [0.15, 0.2) is 82.6 Å². The Morgan fingerprint density at radius 2 is 1.85 bits per heavy atom. The lowest BCUT2D eigenvalue weighted by Gasteiger charge is -2.26. The molecule has 4 rings (SSSR count). The molecular formula is C26H29N3O2S2. The molecule has 0 fully saturated rings. The third-order valence-electron chi connectivity index (χ3n) is 5.42. The summed E-state index contributed by atoms with van der Waals surface area (Å²) in [5.74, 6) is 1.66. The number of benzene rings is 3. The molecule has 0 aromatic heterocycles. The minimum atomic E-state index is -0.604. The second kappa shape index (κ2) is 11.5. The molecular weight excluding hydrogens is 450 g/mol. The first kappa shape index (κ1) is 23.5. The van der Waals surface area contributed by atoms with Gasteiger partial charge in [0, 0.05) is 23.7 Å². The number of nitrogens with zero attached hydrogens (tertiary/aromatic N) is 1. The number of para-hydroxylation sites is 1. The van der Waals surface area contributed by atoms with Crippen LogP contribution < -0.4 is 20.5 Å². The van der Waals surface area contributed by atoms with Gasteiger partial charge in [0.2, 0.25) is 5.91 Å². The lowest BCUT2D eigenvalue weighted by Crippen LogP contribution is -2.39. The molecule has 0 spiro atoms. The zero-order valence-corrected chi connectivity index (χ0v) is 20.5. The number of hydrogen-bond acceptors (Lipinski definition) is 6. The van der Waals surface area contributed by atoms with Gasteiger partial charge in [0.05, 0.1) is 10.6 Å². The van der Waals surface area contributed by atoms with Gasteiger partial charge in [0.1, 0.15) is 6.04 Å². The molecule has 1 aliphatic rings. The Labute approximate surface area is 204 Å². The van der Waals surface area contributed by atoms with Gasteiger partial charge in [-0.3, -0.25) is 4.79 Å². The van der Waals surface area contributed by atoms with Crippen LogP contribution in [0.2, 0.25) is 0 Å². The van der Waals surface area contributed by atoms with Crippen LogP contribution in [0.3, 0.4) is 0 Å². The molecule has 7 heteroatoms. The van der Waals surface area contributed by atoms with Crippen LogP contribution in [0.25, 0.3) is 0 Å². The van der Waals surface area contributed by atoms with Gasteiger partial charge < -0.3 is 15.1 Å². The van der Waals surface area contributed by atoms with Gasteiger partial charge in [-0.25, -0.2) is 0 Å². The van der Waals surface area contributed by atoms with E-state index in [1.807, 2.05) is 61.3 Å². The van der Waals surface area contributed by atoms with Crippen LogP contribution in [0.5, 0.6) is 5.75 Å². The Morgan fingerprint density at radius 3 is 2.55 bits per heavy atom. The molecule has 2 N–H and O–H groups in total. The maximum absolute atomic E-state index is 12.7. The van der Waals surface area contributed by atoms with E-state index >= 15 is 0 Å². The molecule has 1 aliphatic heterocycles. The highest BCUT2D eigenvalue weighted by molar-refractivity contribution is 7.99. The van der Waals surface area contributed by atoms with Crippen LogP contribution >= 0.6 is 23.5 Å². The van der Waals surface area contributed by atoms with E-state index in [-0.39, 0.29) is 5.91 Å². The minimum Gasteiger partial charge on any atom is -0.406 e. The smallest absolute Gasteiger partial charge is 0.245 e. The van der Waals surface area contributed by atoms with E-state index in [1.165, 1.54) is 16.3 Å². The average Bonchev–Trinajstić information content (AvgIpc) is 3.07. The van der Waals surface area contributed by atoms with Crippen molar-refractivity contribution in [3.8, 4) is 5.75 Å². The van der Waals surface area contributed by atoms with Gasteiger partial charge in [-0.1, -0.05) is 48.5 Å². The van der Waals surface area contributed by atoms with E-state index in [9.17, 15) is 4.79 Å². The number of thioether (sulfide) groups is 2. The number of fused-ring (bicyclic) bond motifs is 1. The zero-order valence-electron chi connectivity index (χ0n) is 18.9. The average molecular weight is 480 g/mol. The first-order valence-electron chi connectivity index (χ1n) is 11.1. The molecule has 33 heavy (non-hydrogen) atoms. The standard InChI is InChI=1S/C26H29N3O2S2/c1-3-27-26(30)25(19-11-6-4-7-12-19)28-31-22-18-23-21(17-24(22)32-2)29(15-10-16-33-23)20-13-8-5-9-14-20/h4-9,11-14,17-18,25,28H,3,10,15-16H2,1-2H3,(H,27,30). The fourth-order valence-electron chi connectivity index (χ4n) is 3.81. The Hall–Kier alpha value is -2.61. The van der Waals surface area contributed by atoms with Crippen molar-refractivity contribution in [1.82, 2.24) is 10.8 Å². The number of carbonyl (C=O) groups is 1. The van der Waals surface area contributed by atoms with Crippen LogP contribution in [0.4, 0.5) is 11.4 Å². The van der Waals surface area contributed by atoms with Gasteiger partial charge in [-0.05, 0) is 55.2 Å². The number of carbonyl (C=O) groups excluding carboxylic acids is 1. The van der Waals surface area contributed by atoms with E-state index in [1.54, 1.807) is 11.8 Å². The van der Waals surface area contributed by atoms with Gasteiger partial charge >= 0.3 is 0 Å². The number of rotatable bonds is 8. The third-order valence-corrected chi connectivity index (χ3v) is 7.31. The molecule has 0 bridgehead atoms. The maximum atomic E-state index is 12.7. The molecule has 0 saturated heterocycles. The van der Waals surface area contributed by atoms with Gasteiger partial charge in [0.15, 0.2) is 5.75 Å². The molecule has 5 nitrogen and oxygen atoms in total. The number of hydrogen-bond donors (Lipinski definition) is 2. The first-order chi connectivity index (χ1) is 16.2. The lowest BCUT2D eigenvalue weighted by atomic mass is 10.1. The maximum Gasteiger partial charge on any atom is 0.245 e. The van der Waals surface area contributed by atoms with Crippen LogP contribution in [0, 0.1) is 0 Å². The summed E-state index contributed by atoms with van der Waals surface area (Å²) in [4.78, 5) is 23.4. The Balaban J connectivity index is 1.63. The van der Waals surface area contributed by atoms with Crippen molar-refractivity contribution in [3.63, 3.8) is 0 Å². The van der Waals surface area contributed by atoms with Gasteiger partial charge in [-0.15, -0.1) is 29.0 Å². The Bertz CT molecular complexity index is 1060. The highest BCUT2D eigenvalue weighted by atomic mass is 32.2. The van der Waals surface area contributed by atoms with Crippen molar-refractivity contribution in [2.24, 2.45) is 0 Å². The highest BCUT2D eigenvalue weighted by Gasteiger charge is 2.23. The van der Waals surface area contributed by atoms with E-state index < -0.39 is 6.04 Å². The monoisotopic (exact) mass is 479 g/mol. The topological polar surface area (TPSA) is 53.6 Å². The summed E-state index contributed by atoms with van der Waals surface area (Å²) in [5.41, 5.74) is 6.28. The Morgan fingerprint density at radius 1 is 1.12 bits per heavy atom. The molecule has 0 saturated carbocycles. The summed E-state index contributed by atoms with van der Waals surface area (Å²) < 4.78 is 0. The highest BCUT2D eigenvalue weighted by Crippen LogP contribution is 2.43. The number of likely N-dealkylation sites (N-methyl/N-ethyl adjacent to an activating group) is 1. The second-order valence-corrected chi connectivity index (χ2v) is 9.60. The van der Waals surface area contributed by atoms with Crippen molar-refractivity contribution in [3.05, 3.63) is 78.4 Å². The second-order valence-electron chi connectivity index (χ2n) is 7.62. The lowest BCUT2D eigenvalue weighted by molar-refractivity contribution is -0.125. The molecule has 1 atom stereocenters. The molecule has 3 aromatic carbocycles. The van der Waals surface area contributed by atoms with Crippen molar-refractivity contribution < 1.29 is 9.63 Å². The van der Waals surface area contributed by atoms with Crippen molar-refractivity contribution in [2.75, 3.05) is 30.0 Å². The third kappa shape index (κ3) is 5.66. The van der Waals surface area contributed by atoms with E-state index in [4.69, 9.17) is 4.84 Å². The van der Waals surface area contributed by atoms with Crippen LogP contribution in [-0.2, 0) is 4.79 Å². The summed E-state index contributed by atoms with van der Waals surface area (Å²) >= 11 is 3.49.